The first-order valence-electron chi connectivity index (χ1n) is 8.62. The molecule has 0 saturated carbocycles. The zero-order chi connectivity index (χ0) is 17.4. The smallest absolute Gasteiger partial charge is 0.225 e. The first-order valence-corrected chi connectivity index (χ1v) is 9.91. The molecule has 0 bridgehead atoms. The van der Waals surface area contributed by atoms with E-state index in [1.807, 2.05) is 28.2 Å². The van der Waals surface area contributed by atoms with Crippen molar-refractivity contribution in [3.8, 4) is 5.69 Å². The summed E-state index contributed by atoms with van der Waals surface area (Å²) in [6.07, 6.45) is 2.48. The predicted molar refractivity (Wildman–Crippen MR) is 102 cm³/mol. The molecule has 1 saturated heterocycles. The fraction of sp³-hybridized carbons (Fsp3) is 0.389. The number of aromatic nitrogens is 4. The van der Waals surface area contributed by atoms with Gasteiger partial charge in [0.2, 0.25) is 4.77 Å². The van der Waals surface area contributed by atoms with Crippen molar-refractivity contribution < 1.29 is 4.90 Å². The number of nitrogens with zero attached hydrogens (tertiary/aromatic N) is 4. The van der Waals surface area contributed by atoms with Crippen LogP contribution in [0.25, 0.3) is 5.69 Å². The fourth-order valence-corrected chi connectivity index (χ4v) is 4.77. The minimum atomic E-state index is 0.549. The van der Waals surface area contributed by atoms with E-state index in [0.717, 1.165) is 18.9 Å². The van der Waals surface area contributed by atoms with Crippen LogP contribution in [-0.2, 0) is 6.67 Å². The van der Waals surface area contributed by atoms with Gasteiger partial charge in [0.15, 0.2) is 6.67 Å². The summed E-state index contributed by atoms with van der Waals surface area (Å²) in [6.45, 7) is 6.13. The van der Waals surface area contributed by atoms with Gasteiger partial charge in [0.1, 0.15) is 6.04 Å². The van der Waals surface area contributed by atoms with Crippen molar-refractivity contribution in [2.24, 2.45) is 0 Å². The lowest BCUT2D eigenvalue weighted by molar-refractivity contribution is -0.941. The second kappa shape index (κ2) is 6.82. The normalized spacial score (nSPS) is 20.2. The predicted octanol–water partition coefficient (Wildman–Crippen LogP) is 2.85. The van der Waals surface area contributed by atoms with Crippen molar-refractivity contribution >= 4 is 23.6 Å². The van der Waals surface area contributed by atoms with E-state index in [1.165, 1.54) is 33.7 Å². The second-order valence-electron chi connectivity index (χ2n) is 6.67. The van der Waals surface area contributed by atoms with Crippen LogP contribution in [0.5, 0.6) is 0 Å². The van der Waals surface area contributed by atoms with Crippen molar-refractivity contribution in [2.45, 2.75) is 39.4 Å². The van der Waals surface area contributed by atoms with Crippen LogP contribution in [0.15, 0.2) is 35.7 Å². The molecular formula is C18H22N5S2+. The van der Waals surface area contributed by atoms with Crippen LogP contribution in [0.1, 0.15) is 34.9 Å². The van der Waals surface area contributed by atoms with Crippen molar-refractivity contribution in [3.05, 3.63) is 56.5 Å². The molecule has 1 aliphatic rings. The quantitative estimate of drug-likeness (QED) is 0.716. The van der Waals surface area contributed by atoms with Gasteiger partial charge in [0.05, 0.1) is 17.1 Å². The van der Waals surface area contributed by atoms with Gasteiger partial charge in [0, 0.05) is 12.8 Å². The summed E-state index contributed by atoms with van der Waals surface area (Å²) in [7, 11) is 0. The van der Waals surface area contributed by atoms with E-state index in [2.05, 4.69) is 47.9 Å². The topological polar surface area (TPSA) is 40.1 Å². The van der Waals surface area contributed by atoms with Gasteiger partial charge in [-0.25, -0.2) is 0 Å². The average Bonchev–Trinajstić information content (AvgIpc) is 3.33. The number of likely N-dealkylation sites (tertiary alicyclic amines) is 1. The zero-order valence-electron chi connectivity index (χ0n) is 14.5. The molecule has 1 fully saturated rings. The summed E-state index contributed by atoms with van der Waals surface area (Å²) in [5.41, 5.74) is 3.44. The maximum atomic E-state index is 5.67. The molecule has 0 amide bonds. The third kappa shape index (κ3) is 3.07. The van der Waals surface area contributed by atoms with Gasteiger partial charge in [-0.1, -0.05) is 18.2 Å². The van der Waals surface area contributed by atoms with Crippen molar-refractivity contribution in [3.63, 3.8) is 0 Å². The number of nitrogens with one attached hydrogen (secondary N) is 1. The molecule has 5 nitrogen and oxygen atoms in total. The number of quaternary nitrogens is 1. The van der Waals surface area contributed by atoms with Gasteiger partial charge in [-0.15, -0.1) is 11.3 Å². The van der Waals surface area contributed by atoms with Crippen LogP contribution in [0, 0.1) is 18.6 Å². The standard InChI is InChI=1S/C18H21N5S2/c1-13-6-3-7-15(14(13)2)23-18(24)22(19-20-23)12-21-10-4-8-16(21)17-9-5-11-25-17/h3,5-7,9,11,16H,4,8,10,12H2,1-2H3/p+1/t16-/m1/s1. The third-order valence-electron chi connectivity index (χ3n) is 5.17. The summed E-state index contributed by atoms with van der Waals surface area (Å²) < 4.78 is 4.32. The Morgan fingerprint density at radius 2 is 2.12 bits per heavy atom. The van der Waals surface area contributed by atoms with Crippen molar-refractivity contribution in [2.75, 3.05) is 6.54 Å². The summed E-state index contributed by atoms with van der Waals surface area (Å²) in [5.74, 6) is 0. The molecule has 0 radical (unpaired) electrons. The molecule has 4 rings (SSSR count). The minimum absolute atomic E-state index is 0.549. The Morgan fingerprint density at radius 3 is 2.92 bits per heavy atom. The molecule has 3 aromatic rings. The molecule has 2 atom stereocenters. The largest absolute Gasteiger partial charge is 0.309 e. The van der Waals surface area contributed by atoms with E-state index in [9.17, 15) is 0 Å². The molecule has 1 aromatic carbocycles. The minimum Gasteiger partial charge on any atom is -0.309 e. The first-order chi connectivity index (χ1) is 12.1. The van der Waals surface area contributed by atoms with Crippen LogP contribution in [0.3, 0.4) is 0 Å². The molecule has 1 unspecified atom stereocenters. The lowest BCUT2D eigenvalue weighted by atomic mass is 10.1. The van der Waals surface area contributed by atoms with Gasteiger partial charge in [-0.3, -0.25) is 0 Å². The third-order valence-corrected chi connectivity index (χ3v) is 6.54. The van der Waals surface area contributed by atoms with E-state index in [0.29, 0.717) is 10.8 Å². The number of thiophene rings is 1. The first kappa shape index (κ1) is 16.6. The summed E-state index contributed by atoms with van der Waals surface area (Å²) >= 11 is 7.52. The van der Waals surface area contributed by atoms with E-state index in [1.54, 1.807) is 4.68 Å². The number of rotatable bonds is 4. The molecule has 130 valence electrons. The molecule has 25 heavy (non-hydrogen) atoms. The van der Waals surface area contributed by atoms with Crippen LogP contribution in [0.2, 0.25) is 0 Å². The highest BCUT2D eigenvalue weighted by atomic mass is 32.1. The zero-order valence-corrected chi connectivity index (χ0v) is 16.1. The van der Waals surface area contributed by atoms with E-state index >= 15 is 0 Å². The van der Waals surface area contributed by atoms with Gasteiger partial charge in [-0.2, -0.15) is 9.36 Å². The van der Waals surface area contributed by atoms with Crippen LogP contribution < -0.4 is 4.90 Å². The molecular weight excluding hydrogens is 350 g/mol. The van der Waals surface area contributed by atoms with E-state index in [-0.39, 0.29) is 0 Å². The maximum absolute atomic E-state index is 5.67. The van der Waals surface area contributed by atoms with Gasteiger partial charge in [0.25, 0.3) is 0 Å². The molecule has 7 heteroatoms. The van der Waals surface area contributed by atoms with Crippen LogP contribution in [-0.4, -0.2) is 26.3 Å². The highest BCUT2D eigenvalue weighted by Crippen LogP contribution is 2.23. The second-order valence-corrected chi connectivity index (χ2v) is 8.01. The van der Waals surface area contributed by atoms with Crippen molar-refractivity contribution in [1.82, 2.24) is 19.8 Å². The molecule has 2 aromatic heterocycles. The Kier molecular flexibility index (Phi) is 4.54. The fourth-order valence-electron chi connectivity index (χ4n) is 3.62. The SMILES string of the molecule is Cc1cccc(-n2nnn(C[NH+]3CCC[C@@H]3c3cccs3)c2=S)c1C. The molecule has 0 spiro atoms. The highest BCUT2D eigenvalue weighted by Gasteiger charge is 2.31. The Hall–Kier alpha value is -1.83. The summed E-state index contributed by atoms with van der Waals surface area (Å²) in [6, 6.07) is 11.1. The van der Waals surface area contributed by atoms with Gasteiger partial charge >= 0.3 is 0 Å². The lowest BCUT2D eigenvalue weighted by Crippen LogP contribution is -3.09. The number of tetrazole rings is 1. The monoisotopic (exact) mass is 372 g/mol. The Balaban J connectivity index is 1.62. The Labute approximate surface area is 156 Å². The number of benzene rings is 1. The lowest BCUT2D eigenvalue weighted by Gasteiger charge is -2.19. The summed E-state index contributed by atoms with van der Waals surface area (Å²) in [4.78, 5) is 2.98. The number of hydrogen-bond donors (Lipinski definition) is 1. The van der Waals surface area contributed by atoms with Crippen molar-refractivity contribution in [1.29, 1.82) is 0 Å². The average molecular weight is 373 g/mol. The van der Waals surface area contributed by atoms with E-state index < -0.39 is 0 Å². The maximum Gasteiger partial charge on any atom is 0.225 e. The van der Waals surface area contributed by atoms with Gasteiger partial charge < -0.3 is 4.90 Å². The Morgan fingerprint density at radius 1 is 1.24 bits per heavy atom. The highest BCUT2D eigenvalue weighted by molar-refractivity contribution is 7.71. The number of hydrogen-bond acceptors (Lipinski definition) is 4. The van der Waals surface area contributed by atoms with Gasteiger partial charge in [-0.05, 0) is 65.1 Å². The molecule has 0 aliphatic carbocycles. The summed E-state index contributed by atoms with van der Waals surface area (Å²) in [5, 5.41) is 10.8. The molecule has 3 heterocycles. The molecule has 1 aliphatic heterocycles. The van der Waals surface area contributed by atoms with Crippen LogP contribution >= 0.6 is 23.6 Å². The Bertz CT molecular complexity index is 925. The van der Waals surface area contributed by atoms with Crippen LogP contribution in [0.4, 0.5) is 0 Å². The number of aryl methyl sites for hydroxylation is 1. The van der Waals surface area contributed by atoms with E-state index in [4.69, 9.17) is 12.2 Å². The molecule has 1 N–H and O–H groups in total.